The van der Waals surface area contributed by atoms with Crippen LogP contribution in [0.1, 0.15) is 6.42 Å². The van der Waals surface area contributed by atoms with Gasteiger partial charge in [0.2, 0.25) is 0 Å². The van der Waals surface area contributed by atoms with Gasteiger partial charge in [-0.25, -0.2) is 8.78 Å². The van der Waals surface area contributed by atoms with Crippen molar-refractivity contribution in [2.75, 3.05) is 23.5 Å². The van der Waals surface area contributed by atoms with E-state index in [1.165, 1.54) is 0 Å². The average Bonchev–Trinajstić information content (AvgIpc) is 2.16. The Balaban J connectivity index is 2.83. The van der Waals surface area contributed by atoms with Crippen LogP contribution in [-0.2, 0) is 10.8 Å². The second kappa shape index (κ2) is 6.20. The van der Waals surface area contributed by atoms with E-state index in [1.54, 1.807) is 11.8 Å². The van der Waals surface area contributed by atoms with E-state index < -0.39 is 22.4 Å². The third kappa shape index (κ3) is 3.45. The lowest BCUT2D eigenvalue weighted by molar-refractivity contribution is 0.535. The molecule has 0 aromatic heterocycles. The van der Waals surface area contributed by atoms with E-state index in [1.807, 2.05) is 6.26 Å². The van der Waals surface area contributed by atoms with Gasteiger partial charge in [0.05, 0.1) is 10.8 Å². The Morgan fingerprint density at radius 1 is 1.38 bits per heavy atom. The summed E-state index contributed by atoms with van der Waals surface area (Å²) < 4.78 is 38.4. The Morgan fingerprint density at radius 3 is 2.44 bits per heavy atom. The van der Waals surface area contributed by atoms with Crippen molar-refractivity contribution >= 4 is 28.2 Å². The van der Waals surface area contributed by atoms with Gasteiger partial charge < -0.3 is 5.73 Å². The molecule has 0 bridgehead atoms. The Morgan fingerprint density at radius 2 is 1.94 bits per heavy atom. The highest BCUT2D eigenvalue weighted by molar-refractivity contribution is 7.98. The number of thioether (sulfide) groups is 1. The number of nitrogen functional groups attached to an aromatic ring is 1. The number of hydrogen-bond donors (Lipinski definition) is 1. The molecule has 0 aliphatic heterocycles. The van der Waals surface area contributed by atoms with Crippen molar-refractivity contribution in [2.45, 2.75) is 11.3 Å². The van der Waals surface area contributed by atoms with E-state index in [9.17, 15) is 13.0 Å². The molecule has 16 heavy (non-hydrogen) atoms. The number of anilines is 1. The zero-order valence-electron chi connectivity index (χ0n) is 8.83. The van der Waals surface area contributed by atoms with Gasteiger partial charge in [-0.2, -0.15) is 11.8 Å². The van der Waals surface area contributed by atoms with Gasteiger partial charge in [-0.3, -0.25) is 4.21 Å². The molecule has 1 atom stereocenters. The van der Waals surface area contributed by atoms with Crippen molar-refractivity contribution in [1.29, 1.82) is 0 Å². The van der Waals surface area contributed by atoms with Gasteiger partial charge in [-0.15, -0.1) is 0 Å². The molecule has 1 aromatic carbocycles. The van der Waals surface area contributed by atoms with E-state index in [2.05, 4.69) is 0 Å². The lowest BCUT2D eigenvalue weighted by atomic mass is 10.3. The second-order valence-corrected chi connectivity index (χ2v) is 5.70. The Labute approximate surface area is 100 Å². The number of benzene rings is 1. The molecule has 6 heteroatoms. The first kappa shape index (κ1) is 13.4. The van der Waals surface area contributed by atoms with Crippen molar-refractivity contribution in [3.8, 4) is 0 Å². The van der Waals surface area contributed by atoms with Gasteiger partial charge in [0, 0.05) is 11.4 Å². The monoisotopic (exact) mass is 265 g/mol. The molecule has 0 amide bonds. The molecule has 2 N–H and O–H groups in total. The van der Waals surface area contributed by atoms with Crippen LogP contribution in [0.2, 0.25) is 0 Å². The quantitative estimate of drug-likeness (QED) is 0.656. The fourth-order valence-electron chi connectivity index (χ4n) is 1.23. The molecule has 0 spiro atoms. The maximum absolute atomic E-state index is 13.4. The standard InChI is InChI=1S/C10H13F2NOS2/c1-15-3-2-4-16(14)10-8(11)5-7(13)6-9(10)12/h5-6H,2-4,13H2,1H3. The number of hydrogen-bond acceptors (Lipinski definition) is 3. The summed E-state index contributed by atoms with van der Waals surface area (Å²) in [5, 5.41) is 0. The summed E-state index contributed by atoms with van der Waals surface area (Å²) in [6.07, 6.45) is 2.59. The van der Waals surface area contributed by atoms with E-state index in [0.29, 0.717) is 6.42 Å². The van der Waals surface area contributed by atoms with Crippen molar-refractivity contribution in [3.63, 3.8) is 0 Å². The fourth-order valence-corrected chi connectivity index (χ4v) is 3.01. The van der Waals surface area contributed by atoms with Crippen LogP contribution in [0.3, 0.4) is 0 Å². The molecule has 0 saturated heterocycles. The van der Waals surface area contributed by atoms with Gasteiger partial charge in [0.15, 0.2) is 0 Å². The largest absolute Gasteiger partial charge is 0.399 e. The van der Waals surface area contributed by atoms with E-state index >= 15 is 0 Å². The highest BCUT2D eigenvalue weighted by Crippen LogP contribution is 2.21. The smallest absolute Gasteiger partial charge is 0.144 e. The Kier molecular flexibility index (Phi) is 5.21. The van der Waals surface area contributed by atoms with Gasteiger partial charge in [-0.1, -0.05) is 0 Å². The molecule has 1 rings (SSSR count). The molecule has 0 heterocycles. The summed E-state index contributed by atoms with van der Waals surface area (Å²) in [5.74, 6) is -0.581. The molecular formula is C10H13F2NOS2. The second-order valence-electron chi connectivity index (χ2n) is 3.21. The molecule has 0 fully saturated rings. The lowest BCUT2D eigenvalue weighted by Crippen LogP contribution is -2.05. The predicted octanol–water partition coefficient (Wildman–Crippen LogP) is 2.41. The van der Waals surface area contributed by atoms with Crippen LogP contribution in [0.25, 0.3) is 0 Å². The number of nitrogens with two attached hydrogens (primary N) is 1. The van der Waals surface area contributed by atoms with Gasteiger partial charge >= 0.3 is 0 Å². The predicted molar refractivity (Wildman–Crippen MR) is 65.0 cm³/mol. The minimum atomic E-state index is -1.64. The SMILES string of the molecule is CSCCCS(=O)c1c(F)cc(N)cc1F. The first-order chi connectivity index (χ1) is 7.56. The summed E-state index contributed by atoms with van der Waals surface area (Å²) in [4.78, 5) is -0.365. The van der Waals surface area contributed by atoms with Crippen molar-refractivity contribution in [3.05, 3.63) is 23.8 Å². The van der Waals surface area contributed by atoms with Crippen LogP contribution < -0.4 is 5.73 Å². The first-order valence-electron chi connectivity index (χ1n) is 4.68. The van der Waals surface area contributed by atoms with Crippen LogP contribution in [0, 0.1) is 11.6 Å². The fraction of sp³-hybridized carbons (Fsp3) is 0.400. The highest BCUT2D eigenvalue weighted by Gasteiger charge is 2.16. The zero-order valence-corrected chi connectivity index (χ0v) is 10.5. The summed E-state index contributed by atoms with van der Waals surface area (Å²) in [5.41, 5.74) is 5.27. The minimum absolute atomic E-state index is 0.000126. The van der Waals surface area contributed by atoms with Crippen molar-refractivity contribution in [1.82, 2.24) is 0 Å². The van der Waals surface area contributed by atoms with Crippen LogP contribution in [0.4, 0.5) is 14.5 Å². The summed E-state index contributed by atoms with van der Waals surface area (Å²) in [7, 11) is -1.64. The molecule has 1 unspecified atom stereocenters. The summed E-state index contributed by atoms with van der Waals surface area (Å²) >= 11 is 1.61. The average molecular weight is 265 g/mol. The van der Waals surface area contributed by atoms with Crippen LogP contribution >= 0.6 is 11.8 Å². The van der Waals surface area contributed by atoms with Crippen molar-refractivity contribution in [2.24, 2.45) is 0 Å². The van der Waals surface area contributed by atoms with Crippen LogP contribution in [0.5, 0.6) is 0 Å². The molecule has 0 radical (unpaired) electrons. The molecule has 0 aliphatic rings. The van der Waals surface area contributed by atoms with Gasteiger partial charge in [0.1, 0.15) is 16.5 Å². The van der Waals surface area contributed by atoms with Crippen molar-refractivity contribution < 1.29 is 13.0 Å². The Hall–Kier alpha value is -0.620. The first-order valence-corrected chi connectivity index (χ1v) is 7.39. The molecule has 0 saturated carbocycles. The van der Waals surface area contributed by atoms with E-state index in [-0.39, 0.29) is 16.3 Å². The normalized spacial score (nSPS) is 12.7. The summed E-state index contributed by atoms with van der Waals surface area (Å²) in [6.45, 7) is 0. The third-order valence-corrected chi connectivity index (χ3v) is 4.13. The Bertz CT molecular complexity index is 375. The van der Waals surface area contributed by atoms with Gasteiger partial charge in [-0.05, 0) is 30.6 Å². The lowest BCUT2D eigenvalue weighted by Gasteiger charge is -2.05. The molecule has 1 aromatic rings. The summed E-state index contributed by atoms with van der Waals surface area (Å²) in [6, 6.07) is 1.98. The maximum atomic E-state index is 13.4. The number of halogens is 2. The molecule has 90 valence electrons. The zero-order chi connectivity index (χ0) is 12.1. The molecular weight excluding hydrogens is 252 g/mol. The van der Waals surface area contributed by atoms with Crippen LogP contribution in [0.15, 0.2) is 17.0 Å². The van der Waals surface area contributed by atoms with E-state index in [0.717, 1.165) is 17.9 Å². The molecule has 0 aliphatic carbocycles. The topological polar surface area (TPSA) is 43.1 Å². The third-order valence-electron chi connectivity index (χ3n) is 1.93. The number of rotatable bonds is 5. The van der Waals surface area contributed by atoms with Gasteiger partial charge in [0.25, 0.3) is 0 Å². The minimum Gasteiger partial charge on any atom is -0.399 e. The van der Waals surface area contributed by atoms with Crippen LogP contribution in [-0.4, -0.2) is 22.0 Å². The highest BCUT2D eigenvalue weighted by atomic mass is 32.2. The molecule has 2 nitrogen and oxygen atoms in total. The van der Waals surface area contributed by atoms with E-state index in [4.69, 9.17) is 5.73 Å². The maximum Gasteiger partial charge on any atom is 0.144 e.